The lowest BCUT2D eigenvalue weighted by molar-refractivity contribution is -0.129. The first-order chi connectivity index (χ1) is 8.36. The van der Waals surface area contributed by atoms with Crippen LogP contribution in [0.2, 0.25) is 0 Å². The summed E-state index contributed by atoms with van der Waals surface area (Å²) in [6.45, 7) is 1.63. The summed E-state index contributed by atoms with van der Waals surface area (Å²) in [6.07, 6.45) is 0. The van der Waals surface area contributed by atoms with Crippen molar-refractivity contribution in [1.82, 2.24) is 10.6 Å². The van der Waals surface area contributed by atoms with E-state index in [1.165, 1.54) is 13.8 Å². The van der Waals surface area contributed by atoms with Crippen molar-refractivity contribution in [2.75, 3.05) is 18.9 Å². The number of Topliss-reactive ketones (excluding diaryl/α,β-unsaturated/α-hetero) is 1. The van der Waals surface area contributed by atoms with Gasteiger partial charge in [0.25, 0.3) is 0 Å². The number of hydrogen-bond donors (Lipinski definition) is 3. The van der Waals surface area contributed by atoms with Gasteiger partial charge in [0, 0.05) is 19.6 Å². The van der Waals surface area contributed by atoms with Crippen LogP contribution in [0.3, 0.4) is 0 Å². The van der Waals surface area contributed by atoms with Crippen molar-refractivity contribution >= 4 is 34.5 Å². The van der Waals surface area contributed by atoms with Gasteiger partial charge in [0.1, 0.15) is 12.6 Å². The Hall–Kier alpha value is -1.41. The lowest BCUT2D eigenvalue weighted by Gasteiger charge is -2.16. The Morgan fingerprint density at radius 1 is 1.22 bits per heavy atom. The summed E-state index contributed by atoms with van der Waals surface area (Å²) >= 11 is 0.901. The summed E-state index contributed by atoms with van der Waals surface area (Å²) in [7, 11) is 0. The summed E-state index contributed by atoms with van der Waals surface area (Å²) in [5.74, 6) is -1.42. The average Bonchev–Trinajstić information content (AvgIpc) is 2.30. The Labute approximate surface area is 109 Å². The summed E-state index contributed by atoms with van der Waals surface area (Å²) in [4.78, 5) is 44.1. The lowest BCUT2D eigenvalue weighted by atomic mass is 10.3. The van der Waals surface area contributed by atoms with E-state index in [0.717, 1.165) is 11.8 Å². The monoisotopic (exact) mass is 276 g/mol. The van der Waals surface area contributed by atoms with Gasteiger partial charge in [-0.25, -0.2) is 0 Å². The van der Waals surface area contributed by atoms with Crippen molar-refractivity contribution in [3.63, 3.8) is 0 Å². The largest absolute Gasteiger partial charge is 0.389 e. The molecule has 2 amide bonds. The number of thioether (sulfide) groups is 1. The molecule has 0 bridgehead atoms. The quantitative estimate of drug-likeness (QED) is 0.519. The van der Waals surface area contributed by atoms with Crippen LogP contribution in [0.4, 0.5) is 0 Å². The first-order valence-corrected chi connectivity index (χ1v) is 6.16. The minimum atomic E-state index is -0.886. The minimum absolute atomic E-state index is 0.0913. The van der Waals surface area contributed by atoms with E-state index in [9.17, 15) is 19.2 Å². The van der Waals surface area contributed by atoms with Crippen molar-refractivity contribution in [3.05, 3.63) is 0 Å². The van der Waals surface area contributed by atoms with Crippen LogP contribution in [-0.4, -0.2) is 52.8 Å². The first kappa shape index (κ1) is 16.6. The molecule has 0 rings (SSSR count). The highest BCUT2D eigenvalue weighted by Crippen LogP contribution is 2.04. The van der Waals surface area contributed by atoms with Gasteiger partial charge in [0.05, 0.1) is 6.54 Å². The molecular weight excluding hydrogens is 260 g/mol. The Morgan fingerprint density at radius 3 is 2.28 bits per heavy atom. The van der Waals surface area contributed by atoms with Crippen LogP contribution in [0.25, 0.3) is 0 Å². The fourth-order valence-corrected chi connectivity index (χ4v) is 1.63. The molecule has 0 aliphatic rings. The molecule has 0 unspecified atom stereocenters. The molecule has 0 saturated heterocycles. The number of carbonyl (C=O) groups excluding carboxylic acids is 4. The van der Waals surface area contributed by atoms with Crippen molar-refractivity contribution in [3.8, 4) is 0 Å². The van der Waals surface area contributed by atoms with Gasteiger partial charge in [-0.15, -0.1) is 0 Å². The number of carbonyl (C=O) groups is 4. The van der Waals surface area contributed by atoms with E-state index in [0.29, 0.717) is 0 Å². The molecule has 0 heterocycles. The fourth-order valence-electron chi connectivity index (χ4n) is 0.994. The third-order valence-corrected chi connectivity index (χ3v) is 2.69. The predicted molar refractivity (Wildman–Crippen MR) is 65.8 cm³/mol. The van der Waals surface area contributed by atoms with Gasteiger partial charge in [-0.2, -0.15) is 0 Å². The first-order valence-electron chi connectivity index (χ1n) is 5.17. The molecule has 0 fully saturated rings. The van der Waals surface area contributed by atoms with Gasteiger partial charge < -0.3 is 15.7 Å². The normalized spacial score (nSPS) is 11.5. The van der Waals surface area contributed by atoms with Crippen LogP contribution in [0, 0.1) is 0 Å². The molecule has 0 aromatic heterocycles. The number of hydrogen-bond acceptors (Lipinski definition) is 6. The smallest absolute Gasteiger partial charge is 0.243 e. The summed E-state index contributed by atoms with van der Waals surface area (Å²) in [5, 5.41) is 13.0. The third-order valence-electron chi connectivity index (χ3n) is 1.78. The van der Waals surface area contributed by atoms with E-state index in [4.69, 9.17) is 5.11 Å². The number of ketones is 1. The van der Waals surface area contributed by atoms with E-state index in [1.54, 1.807) is 0 Å². The number of rotatable bonds is 7. The van der Waals surface area contributed by atoms with E-state index < -0.39 is 30.2 Å². The second kappa shape index (κ2) is 8.65. The maximum Gasteiger partial charge on any atom is 0.243 e. The Balaban J connectivity index is 4.34. The summed E-state index contributed by atoms with van der Waals surface area (Å²) < 4.78 is 0. The van der Waals surface area contributed by atoms with Crippen molar-refractivity contribution < 1.29 is 24.3 Å². The molecule has 0 aromatic rings. The molecule has 8 heteroatoms. The Bertz CT molecular complexity index is 345. The van der Waals surface area contributed by atoms with Gasteiger partial charge in [0.2, 0.25) is 11.8 Å². The SMILES string of the molecule is CC(=O)N[C@@H](CSC(C)=O)C(=O)NCC(=O)CO. The molecule has 0 aliphatic heterocycles. The minimum Gasteiger partial charge on any atom is -0.389 e. The number of aliphatic hydroxyl groups excluding tert-OH is 1. The molecule has 7 nitrogen and oxygen atoms in total. The molecular formula is C10H16N2O5S. The highest BCUT2D eigenvalue weighted by atomic mass is 32.2. The zero-order valence-corrected chi connectivity index (χ0v) is 11.0. The molecule has 1 atom stereocenters. The standard InChI is InChI=1S/C10H16N2O5S/c1-6(14)12-9(5-18-7(2)15)10(17)11-3-8(16)4-13/h9,13H,3-5H2,1-2H3,(H,11,17)(H,12,14)/t9-/m0/s1. The van der Waals surface area contributed by atoms with Gasteiger partial charge in [-0.05, 0) is 0 Å². The van der Waals surface area contributed by atoms with Crippen LogP contribution in [0.15, 0.2) is 0 Å². The number of amides is 2. The number of nitrogens with one attached hydrogen (secondary N) is 2. The van der Waals surface area contributed by atoms with Crippen LogP contribution in [-0.2, 0) is 19.2 Å². The number of aliphatic hydroxyl groups is 1. The molecule has 0 spiro atoms. The Morgan fingerprint density at radius 2 is 1.83 bits per heavy atom. The zero-order valence-electron chi connectivity index (χ0n) is 10.2. The molecule has 18 heavy (non-hydrogen) atoms. The van der Waals surface area contributed by atoms with Crippen molar-refractivity contribution in [2.45, 2.75) is 19.9 Å². The van der Waals surface area contributed by atoms with E-state index in [-0.39, 0.29) is 17.4 Å². The van der Waals surface area contributed by atoms with E-state index in [1.807, 2.05) is 0 Å². The molecule has 3 N–H and O–H groups in total. The van der Waals surface area contributed by atoms with Crippen LogP contribution >= 0.6 is 11.8 Å². The predicted octanol–water partition coefficient (Wildman–Crippen LogP) is -1.55. The van der Waals surface area contributed by atoms with Gasteiger partial charge in [0.15, 0.2) is 10.9 Å². The van der Waals surface area contributed by atoms with Crippen LogP contribution in [0.5, 0.6) is 0 Å². The highest BCUT2D eigenvalue weighted by molar-refractivity contribution is 8.13. The van der Waals surface area contributed by atoms with E-state index in [2.05, 4.69) is 10.6 Å². The molecule has 0 radical (unpaired) electrons. The van der Waals surface area contributed by atoms with Crippen molar-refractivity contribution in [1.29, 1.82) is 0 Å². The Kier molecular flexibility index (Phi) is 7.97. The summed E-state index contributed by atoms with van der Waals surface area (Å²) in [5.41, 5.74) is 0. The van der Waals surface area contributed by atoms with Crippen LogP contribution in [0.1, 0.15) is 13.8 Å². The maximum absolute atomic E-state index is 11.6. The van der Waals surface area contributed by atoms with Gasteiger partial charge in [-0.3, -0.25) is 19.2 Å². The zero-order chi connectivity index (χ0) is 14.1. The van der Waals surface area contributed by atoms with Crippen molar-refractivity contribution in [2.24, 2.45) is 0 Å². The third kappa shape index (κ3) is 7.80. The molecule has 102 valence electrons. The second-order valence-electron chi connectivity index (χ2n) is 3.47. The molecule has 0 saturated carbocycles. The van der Waals surface area contributed by atoms with Gasteiger partial charge in [-0.1, -0.05) is 11.8 Å². The molecule has 0 aromatic carbocycles. The lowest BCUT2D eigenvalue weighted by Crippen LogP contribution is -2.49. The fraction of sp³-hybridized carbons (Fsp3) is 0.600. The van der Waals surface area contributed by atoms with Gasteiger partial charge >= 0.3 is 0 Å². The van der Waals surface area contributed by atoms with Crippen LogP contribution < -0.4 is 10.6 Å². The molecule has 0 aliphatic carbocycles. The maximum atomic E-state index is 11.6. The summed E-state index contributed by atoms with van der Waals surface area (Å²) in [6, 6.07) is -0.886. The second-order valence-corrected chi connectivity index (χ2v) is 4.67. The highest BCUT2D eigenvalue weighted by Gasteiger charge is 2.20. The van der Waals surface area contributed by atoms with E-state index >= 15 is 0 Å². The topological polar surface area (TPSA) is 113 Å². The average molecular weight is 276 g/mol.